The van der Waals surface area contributed by atoms with E-state index in [9.17, 15) is 4.79 Å². The molecule has 0 atom stereocenters. The highest BCUT2D eigenvalue weighted by Crippen LogP contribution is 2.16. The number of aryl methyl sites for hydroxylation is 2. The zero-order valence-corrected chi connectivity index (χ0v) is 16.2. The quantitative estimate of drug-likeness (QED) is 0.628. The van der Waals surface area contributed by atoms with Crippen molar-refractivity contribution in [1.82, 2.24) is 9.47 Å². The molecule has 0 aliphatic carbocycles. The summed E-state index contributed by atoms with van der Waals surface area (Å²) in [5.74, 6) is 0.848. The molecule has 3 aromatic rings. The first kappa shape index (κ1) is 18.8. The topological polar surface area (TPSA) is 34.5 Å². The van der Waals surface area contributed by atoms with Crippen molar-refractivity contribution >= 4 is 5.91 Å². The van der Waals surface area contributed by atoms with Crippen LogP contribution < -0.4 is 4.74 Å². The van der Waals surface area contributed by atoms with Crippen molar-refractivity contribution in [3.63, 3.8) is 0 Å². The van der Waals surface area contributed by atoms with Gasteiger partial charge >= 0.3 is 0 Å². The molecule has 140 valence electrons. The van der Waals surface area contributed by atoms with Crippen molar-refractivity contribution in [3.8, 4) is 5.75 Å². The fourth-order valence-electron chi connectivity index (χ4n) is 3.14. The second kappa shape index (κ2) is 8.58. The average Bonchev–Trinajstić information content (AvgIpc) is 3.09. The van der Waals surface area contributed by atoms with Crippen molar-refractivity contribution in [1.29, 1.82) is 0 Å². The summed E-state index contributed by atoms with van der Waals surface area (Å²) >= 11 is 0. The third kappa shape index (κ3) is 5.00. The van der Waals surface area contributed by atoms with Gasteiger partial charge in [-0.3, -0.25) is 4.79 Å². The van der Waals surface area contributed by atoms with Gasteiger partial charge < -0.3 is 14.2 Å². The van der Waals surface area contributed by atoms with Crippen LogP contribution in [0.5, 0.6) is 5.75 Å². The van der Waals surface area contributed by atoms with Crippen LogP contribution in [0.3, 0.4) is 0 Å². The second-order valence-electron chi connectivity index (χ2n) is 6.91. The number of likely N-dealkylation sites (N-methyl/N-ethyl adjacent to an activating group) is 1. The second-order valence-corrected chi connectivity index (χ2v) is 6.91. The summed E-state index contributed by atoms with van der Waals surface area (Å²) in [7, 11) is 1.81. The fourth-order valence-corrected chi connectivity index (χ4v) is 3.14. The van der Waals surface area contributed by atoms with Crippen LogP contribution >= 0.6 is 0 Å². The van der Waals surface area contributed by atoms with Crippen molar-refractivity contribution in [2.24, 2.45) is 0 Å². The van der Waals surface area contributed by atoms with Gasteiger partial charge in [-0.25, -0.2) is 0 Å². The van der Waals surface area contributed by atoms with E-state index in [1.807, 2.05) is 60.3 Å². The van der Waals surface area contributed by atoms with Gasteiger partial charge in [0, 0.05) is 19.8 Å². The van der Waals surface area contributed by atoms with Gasteiger partial charge in [0.25, 0.3) is 5.91 Å². The molecule has 0 spiro atoms. The highest BCUT2D eigenvalue weighted by molar-refractivity contribution is 5.92. The zero-order chi connectivity index (χ0) is 19.2. The molecule has 2 aromatic carbocycles. The summed E-state index contributed by atoms with van der Waals surface area (Å²) in [5.41, 5.74) is 4.21. The van der Waals surface area contributed by atoms with E-state index in [2.05, 4.69) is 32.0 Å². The Labute approximate surface area is 161 Å². The smallest absolute Gasteiger partial charge is 0.270 e. The first-order valence-corrected chi connectivity index (χ1v) is 9.18. The van der Waals surface area contributed by atoms with E-state index in [0.29, 0.717) is 25.4 Å². The summed E-state index contributed by atoms with van der Waals surface area (Å²) in [5, 5.41) is 0. The highest BCUT2D eigenvalue weighted by Gasteiger charge is 2.15. The highest BCUT2D eigenvalue weighted by atomic mass is 16.5. The van der Waals surface area contributed by atoms with Crippen LogP contribution in [0.1, 0.15) is 27.2 Å². The summed E-state index contributed by atoms with van der Waals surface area (Å²) < 4.78 is 7.82. The Morgan fingerprint density at radius 2 is 1.70 bits per heavy atom. The SMILES string of the molecule is Cc1cc(C)cc(OCCN(C)C(=O)c2cccn2Cc2ccccc2)c1. The third-order valence-corrected chi connectivity index (χ3v) is 4.48. The Hall–Kier alpha value is -3.01. The Bertz CT molecular complexity index is 880. The van der Waals surface area contributed by atoms with Crippen molar-refractivity contribution in [2.75, 3.05) is 20.2 Å². The lowest BCUT2D eigenvalue weighted by Gasteiger charge is -2.19. The monoisotopic (exact) mass is 362 g/mol. The number of nitrogens with zero attached hydrogens (tertiary/aromatic N) is 2. The Morgan fingerprint density at radius 3 is 2.41 bits per heavy atom. The van der Waals surface area contributed by atoms with Gasteiger partial charge in [-0.15, -0.1) is 0 Å². The molecule has 0 bridgehead atoms. The van der Waals surface area contributed by atoms with E-state index in [0.717, 1.165) is 5.75 Å². The number of amides is 1. The molecule has 0 saturated heterocycles. The number of aromatic nitrogens is 1. The maximum absolute atomic E-state index is 12.8. The van der Waals surface area contributed by atoms with Gasteiger partial charge in [-0.2, -0.15) is 0 Å². The summed E-state index contributed by atoms with van der Waals surface area (Å²) in [6.07, 6.45) is 1.94. The number of hydrogen-bond donors (Lipinski definition) is 0. The maximum atomic E-state index is 12.8. The van der Waals surface area contributed by atoms with Crippen molar-refractivity contribution in [2.45, 2.75) is 20.4 Å². The van der Waals surface area contributed by atoms with Crippen LogP contribution in [0, 0.1) is 13.8 Å². The lowest BCUT2D eigenvalue weighted by Crippen LogP contribution is -2.32. The summed E-state index contributed by atoms with van der Waals surface area (Å²) in [4.78, 5) is 14.5. The summed E-state index contributed by atoms with van der Waals surface area (Å²) in [6, 6.07) is 20.1. The number of benzene rings is 2. The summed E-state index contributed by atoms with van der Waals surface area (Å²) in [6.45, 7) is 5.78. The van der Waals surface area contributed by atoms with Gasteiger partial charge in [0.05, 0.1) is 6.54 Å². The molecule has 27 heavy (non-hydrogen) atoms. The van der Waals surface area contributed by atoms with E-state index in [1.54, 1.807) is 4.90 Å². The molecule has 0 aliphatic heterocycles. The van der Waals surface area contributed by atoms with E-state index in [1.165, 1.54) is 16.7 Å². The molecular formula is C23H26N2O2. The Morgan fingerprint density at radius 1 is 1.00 bits per heavy atom. The largest absolute Gasteiger partial charge is 0.492 e. The maximum Gasteiger partial charge on any atom is 0.270 e. The number of ether oxygens (including phenoxy) is 1. The predicted octanol–water partition coefficient (Wildman–Crippen LogP) is 4.30. The van der Waals surface area contributed by atoms with Crippen molar-refractivity contribution in [3.05, 3.63) is 89.2 Å². The normalized spacial score (nSPS) is 10.6. The average molecular weight is 362 g/mol. The van der Waals surface area contributed by atoms with E-state index in [4.69, 9.17) is 4.74 Å². The van der Waals surface area contributed by atoms with Gasteiger partial charge in [0.1, 0.15) is 18.1 Å². The van der Waals surface area contributed by atoms with Crippen LogP contribution in [-0.4, -0.2) is 35.6 Å². The fraction of sp³-hybridized carbons (Fsp3) is 0.261. The molecular weight excluding hydrogens is 336 g/mol. The standard InChI is InChI=1S/C23H26N2O2/c1-18-14-19(2)16-21(15-18)27-13-12-24(3)23(26)22-10-7-11-25(22)17-20-8-5-4-6-9-20/h4-11,14-16H,12-13,17H2,1-3H3. The van der Waals surface area contributed by atoms with E-state index < -0.39 is 0 Å². The first-order chi connectivity index (χ1) is 13.0. The van der Waals surface area contributed by atoms with Gasteiger partial charge in [0.2, 0.25) is 0 Å². The lowest BCUT2D eigenvalue weighted by atomic mass is 10.1. The third-order valence-electron chi connectivity index (χ3n) is 4.48. The molecule has 3 rings (SSSR count). The number of hydrogen-bond acceptors (Lipinski definition) is 2. The van der Waals surface area contributed by atoms with Crippen molar-refractivity contribution < 1.29 is 9.53 Å². The molecule has 1 heterocycles. The molecule has 0 saturated carbocycles. The van der Waals surface area contributed by atoms with E-state index >= 15 is 0 Å². The molecule has 0 fully saturated rings. The molecule has 4 nitrogen and oxygen atoms in total. The zero-order valence-electron chi connectivity index (χ0n) is 16.2. The molecule has 1 amide bonds. The van der Waals surface area contributed by atoms with Gasteiger partial charge in [-0.1, -0.05) is 36.4 Å². The molecule has 0 radical (unpaired) electrons. The lowest BCUT2D eigenvalue weighted by molar-refractivity contribution is 0.0763. The molecule has 4 heteroatoms. The number of carbonyl (C=O) groups is 1. The Kier molecular flexibility index (Phi) is 5.97. The van der Waals surface area contributed by atoms with Crippen LogP contribution in [0.25, 0.3) is 0 Å². The number of carbonyl (C=O) groups excluding carboxylic acids is 1. The first-order valence-electron chi connectivity index (χ1n) is 9.18. The van der Waals surface area contributed by atoms with E-state index in [-0.39, 0.29) is 5.91 Å². The van der Waals surface area contributed by atoms with Crippen LogP contribution in [0.2, 0.25) is 0 Å². The molecule has 0 aliphatic rings. The molecule has 0 unspecified atom stereocenters. The predicted molar refractivity (Wildman–Crippen MR) is 108 cm³/mol. The minimum absolute atomic E-state index is 0.0000427. The number of rotatable bonds is 7. The van der Waals surface area contributed by atoms with Gasteiger partial charge in [0.15, 0.2) is 0 Å². The molecule has 1 aromatic heterocycles. The van der Waals surface area contributed by atoms with Crippen LogP contribution in [0.15, 0.2) is 66.9 Å². The minimum atomic E-state index is -0.0000427. The Balaban J connectivity index is 1.58. The molecule has 0 N–H and O–H groups in total. The minimum Gasteiger partial charge on any atom is -0.492 e. The van der Waals surface area contributed by atoms with Crippen LogP contribution in [0.4, 0.5) is 0 Å². The van der Waals surface area contributed by atoms with Gasteiger partial charge in [-0.05, 0) is 54.8 Å². The van der Waals surface area contributed by atoms with Crippen LogP contribution in [-0.2, 0) is 6.54 Å².